The van der Waals surface area contributed by atoms with Crippen LogP contribution >= 0.6 is 0 Å². The van der Waals surface area contributed by atoms with Gasteiger partial charge in [0.05, 0.1) is 11.7 Å². The zero-order valence-corrected chi connectivity index (χ0v) is 12.3. The van der Waals surface area contributed by atoms with Crippen LogP contribution in [0.15, 0.2) is 24.3 Å². The second-order valence-corrected chi connectivity index (χ2v) is 4.88. The lowest BCUT2D eigenvalue weighted by atomic mass is 10.2. The molecule has 0 aliphatic heterocycles. The van der Waals surface area contributed by atoms with E-state index in [0.717, 1.165) is 13.0 Å². The van der Waals surface area contributed by atoms with E-state index in [1.807, 2.05) is 6.92 Å². The summed E-state index contributed by atoms with van der Waals surface area (Å²) in [5.41, 5.74) is 0.262. The predicted molar refractivity (Wildman–Crippen MR) is 78.5 cm³/mol. The molecule has 1 atom stereocenters. The molecule has 0 fully saturated rings. The molecular weight excluding hydrogens is 256 g/mol. The number of carboxylic acids is 1. The highest BCUT2D eigenvalue weighted by atomic mass is 16.5. The first-order valence-electron chi connectivity index (χ1n) is 7.21. The Morgan fingerprint density at radius 3 is 2.50 bits per heavy atom. The largest absolute Gasteiger partial charge is 0.491 e. The fourth-order valence-corrected chi connectivity index (χ4v) is 1.77. The molecule has 1 N–H and O–H groups in total. The summed E-state index contributed by atoms with van der Waals surface area (Å²) in [5, 5.41) is 8.79. The van der Waals surface area contributed by atoms with Crippen molar-refractivity contribution in [2.45, 2.75) is 45.6 Å². The van der Waals surface area contributed by atoms with Crippen molar-refractivity contribution in [3.05, 3.63) is 29.8 Å². The van der Waals surface area contributed by atoms with Crippen LogP contribution in [0.5, 0.6) is 5.75 Å². The summed E-state index contributed by atoms with van der Waals surface area (Å²) in [5.74, 6) is -0.267. The van der Waals surface area contributed by atoms with Gasteiger partial charge in [-0.15, -0.1) is 0 Å². The highest BCUT2D eigenvalue weighted by Crippen LogP contribution is 2.13. The highest BCUT2D eigenvalue weighted by Gasteiger charge is 2.05. The Bertz CT molecular complexity index is 386. The monoisotopic (exact) mass is 280 g/mol. The number of aromatic carboxylic acids is 1. The van der Waals surface area contributed by atoms with Crippen LogP contribution in [0.3, 0.4) is 0 Å². The van der Waals surface area contributed by atoms with Crippen molar-refractivity contribution >= 4 is 5.97 Å². The summed E-state index contributed by atoms with van der Waals surface area (Å²) in [6, 6.07) is 6.40. The minimum Gasteiger partial charge on any atom is -0.491 e. The molecule has 112 valence electrons. The number of hydrogen-bond donors (Lipinski definition) is 1. The van der Waals surface area contributed by atoms with Gasteiger partial charge in [-0.2, -0.15) is 0 Å². The molecule has 20 heavy (non-hydrogen) atoms. The van der Waals surface area contributed by atoms with Crippen LogP contribution in [0.1, 0.15) is 49.9 Å². The fraction of sp³-hybridized carbons (Fsp3) is 0.562. The highest BCUT2D eigenvalue weighted by molar-refractivity contribution is 5.87. The molecule has 0 bridgehead atoms. The van der Waals surface area contributed by atoms with E-state index in [2.05, 4.69) is 6.92 Å². The molecule has 0 saturated heterocycles. The van der Waals surface area contributed by atoms with Gasteiger partial charge in [0.15, 0.2) is 0 Å². The average molecular weight is 280 g/mol. The number of rotatable bonds is 10. The molecule has 0 aliphatic rings. The van der Waals surface area contributed by atoms with Crippen molar-refractivity contribution < 1.29 is 19.4 Å². The van der Waals surface area contributed by atoms with Crippen LogP contribution in [0.4, 0.5) is 0 Å². The zero-order valence-electron chi connectivity index (χ0n) is 12.3. The average Bonchev–Trinajstić information content (AvgIpc) is 2.45. The quantitative estimate of drug-likeness (QED) is 0.663. The Hall–Kier alpha value is -1.55. The minimum absolute atomic E-state index is 0.0378. The Labute approximate surface area is 120 Å². The zero-order chi connectivity index (χ0) is 14.8. The van der Waals surface area contributed by atoms with Crippen molar-refractivity contribution in [1.29, 1.82) is 0 Å². The lowest BCUT2D eigenvalue weighted by Gasteiger charge is -2.14. The maximum atomic E-state index is 10.7. The Balaban J connectivity index is 2.20. The molecular formula is C16H24O4. The van der Waals surface area contributed by atoms with E-state index >= 15 is 0 Å². The lowest BCUT2D eigenvalue weighted by Crippen LogP contribution is -2.18. The van der Waals surface area contributed by atoms with E-state index in [1.54, 1.807) is 12.1 Å². The summed E-state index contributed by atoms with van der Waals surface area (Å²) in [6.07, 6.45) is 4.82. The van der Waals surface area contributed by atoms with Crippen molar-refractivity contribution in [3.63, 3.8) is 0 Å². The van der Waals surface area contributed by atoms with E-state index in [0.29, 0.717) is 12.4 Å². The first-order chi connectivity index (χ1) is 9.63. The summed E-state index contributed by atoms with van der Waals surface area (Å²) in [7, 11) is 0. The van der Waals surface area contributed by atoms with E-state index in [-0.39, 0.29) is 11.7 Å². The number of ether oxygens (including phenoxy) is 2. The molecule has 0 aliphatic carbocycles. The number of benzene rings is 1. The Morgan fingerprint density at radius 2 is 1.90 bits per heavy atom. The Morgan fingerprint density at radius 1 is 1.20 bits per heavy atom. The molecule has 0 aromatic heterocycles. The van der Waals surface area contributed by atoms with Crippen molar-refractivity contribution in [2.24, 2.45) is 0 Å². The van der Waals surface area contributed by atoms with Gasteiger partial charge in [0.25, 0.3) is 0 Å². The maximum absolute atomic E-state index is 10.7. The van der Waals surface area contributed by atoms with Gasteiger partial charge < -0.3 is 14.6 Å². The number of hydrogen-bond acceptors (Lipinski definition) is 3. The van der Waals surface area contributed by atoms with Gasteiger partial charge in [0.1, 0.15) is 12.4 Å². The van der Waals surface area contributed by atoms with Gasteiger partial charge in [-0.3, -0.25) is 0 Å². The van der Waals surface area contributed by atoms with Crippen molar-refractivity contribution in [2.75, 3.05) is 13.2 Å². The SMILES string of the molecule is CCCCCCO[C@@H](C)COc1ccc(C(=O)O)cc1. The molecule has 4 nitrogen and oxygen atoms in total. The molecule has 0 radical (unpaired) electrons. The number of carbonyl (C=O) groups is 1. The molecule has 0 unspecified atom stereocenters. The molecule has 0 amide bonds. The number of carboxylic acid groups (broad SMARTS) is 1. The van der Waals surface area contributed by atoms with Crippen molar-refractivity contribution in [3.8, 4) is 5.75 Å². The molecule has 0 saturated carbocycles. The van der Waals surface area contributed by atoms with Gasteiger partial charge >= 0.3 is 5.97 Å². The van der Waals surface area contributed by atoms with Crippen molar-refractivity contribution in [1.82, 2.24) is 0 Å². The van der Waals surface area contributed by atoms with E-state index in [4.69, 9.17) is 14.6 Å². The molecule has 1 aromatic rings. The second kappa shape index (κ2) is 9.37. The summed E-state index contributed by atoms with van der Waals surface area (Å²) >= 11 is 0. The van der Waals surface area contributed by atoms with Gasteiger partial charge in [0.2, 0.25) is 0 Å². The summed E-state index contributed by atoms with van der Waals surface area (Å²) in [6.45, 7) is 5.40. The third-order valence-corrected chi connectivity index (χ3v) is 2.99. The molecule has 0 heterocycles. The van der Waals surface area contributed by atoms with Crippen LogP contribution in [0, 0.1) is 0 Å². The fourth-order valence-electron chi connectivity index (χ4n) is 1.77. The van der Waals surface area contributed by atoms with Crippen LogP contribution < -0.4 is 4.74 Å². The minimum atomic E-state index is -0.930. The van der Waals surface area contributed by atoms with Gasteiger partial charge in [-0.25, -0.2) is 4.79 Å². The van der Waals surface area contributed by atoms with E-state index in [9.17, 15) is 4.79 Å². The number of unbranched alkanes of at least 4 members (excludes halogenated alkanes) is 3. The van der Waals surface area contributed by atoms with Crippen LogP contribution in [-0.2, 0) is 4.74 Å². The molecule has 1 rings (SSSR count). The first-order valence-corrected chi connectivity index (χ1v) is 7.21. The smallest absolute Gasteiger partial charge is 0.335 e. The summed E-state index contributed by atoms with van der Waals surface area (Å²) < 4.78 is 11.2. The second-order valence-electron chi connectivity index (χ2n) is 4.88. The standard InChI is InChI=1S/C16H24O4/c1-3-4-5-6-11-19-13(2)12-20-15-9-7-14(8-10-15)16(17)18/h7-10,13H,3-6,11-12H2,1-2H3,(H,17,18)/t13-/m0/s1. The van der Waals surface area contributed by atoms with E-state index < -0.39 is 5.97 Å². The van der Waals surface area contributed by atoms with E-state index in [1.165, 1.54) is 31.4 Å². The third-order valence-electron chi connectivity index (χ3n) is 2.99. The topological polar surface area (TPSA) is 55.8 Å². The summed E-state index contributed by atoms with van der Waals surface area (Å²) in [4.78, 5) is 10.7. The Kier molecular flexibility index (Phi) is 7.73. The molecule has 0 spiro atoms. The van der Waals surface area contributed by atoms with Crippen LogP contribution in [0.2, 0.25) is 0 Å². The van der Waals surface area contributed by atoms with Gasteiger partial charge in [-0.05, 0) is 37.6 Å². The lowest BCUT2D eigenvalue weighted by molar-refractivity contribution is 0.0302. The van der Waals surface area contributed by atoms with Gasteiger partial charge in [-0.1, -0.05) is 26.2 Å². The van der Waals surface area contributed by atoms with Crippen LogP contribution in [-0.4, -0.2) is 30.4 Å². The molecule has 4 heteroatoms. The third kappa shape index (κ3) is 6.57. The first kappa shape index (κ1) is 16.5. The molecule has 1 aromatic carbocycles. The predicted octanol–water partition coefficient (Wildman–Crippen LogP) is 3.75. The normalized spacial score (nSPS) is 12.1. The maximum Gasteiger partial charge on any atom is 0.335 e. The van der Waals surface area contributed by atoms with Crippen LogP contribution in [0.25, 0.3) is 0 Å². The van der Waals surface area contributed by atoms with Gasteiger partial charge in [0, 0.05) is 6.61 Å².